The SMILES string of the molecule is CC(=O)N1CCc2nc(-c3ccc(SC4CC(N5CCCCC5)C4)cc3)sc2C1. The Kier molecular flexibility index (Phi) is 5.67. The monoisotopic (exact) mass is 427 g/mol. The van der Waals surface area contributed by atoms with Crippen LogP contribution < -0.4 is 0 Å². The molecule has 0 atom stereocenters. The summed E-state index contributed by atoms with van der Waals surface area (Å²) in [6, 6.07) is 9.79. The molecular weight excluding hydrogens is 398 g/mol. The van der Waals surface area contributed by atoms with E-state index in [4.69, 9.17) is 4.98 Å². The fraction of sp³-hybridized carbons (Fsp3) is 0.565. The number of carbonyl (C=O) groups excluding carboxylic acids is 1. The van der Waals surface area contributed by atoms with Crippen LogP contribution in [0.5, 0.6) is 0 Å². The Balaban J connectivity index is 1.18. The number of likely N-dealkylation sites (tertiary alicyclic amines) is 1. The van der Waals surface area contributed by atoms with Crippen LogP contribution in [0.3, 0.4) is 0 Å². The molecule has 5 rings (SSSR count). The van der Waals surface area contributed by atoms with Crippen molar-refractivity contribution in [1.29, 1.82) is 0 Å². The predicted octanol–water partition coefficient (Wildman–Crippen LogP) is 4.82. The average Bonchev–Trinajstić information content (AvgIpc) is 3.15. The zero-order valence-electron chi connectivity index (χ0n) is 17.1. The molecule has 0 bridgehead atoms. The van der Waals surface area contributed by atoms with Crippen LogP contribution in [0.2, 0.25) is 0 Å². The number of thiazole rings is 1. The molecule has 6 heteroatoms. The molecule has 3 aliphatic rings. The summed E-state index contributed by atoms with van der Waals surface area (Å²) in [5.74, 6) is 0.158. The second kappa shape index (κ2) is 8.40. The number of rotatable bonds is 4. The van der Waals surface area contributed by atoms with Crippen LogP contribution >= 0.6 is 23.1 Å². The van der Waals surface area contributed by atoms with E-state index in [0.29, 0.717) is 0 Å². The number of piperidine rings is 1. The van der Waals surface area contributed by atoms with Crippen molar-refractivity contribution in [3.8, 4) is 10.6 Å². The normalized spacial score (nSPS) is 24.8. The van der Waals surface area contributed by atoms with E-state index in [1.165, 1.54) is 66.2 Å². The van der Waals surface area contributed by atoms with Crippen molar-refractivity contribution in [3.63, 3.8) is 0 Å². The maximum Gasteiger partial charge on any atom is 0.219 e. The van der Waals surface area contributed by atoms with Gasteiger partial charge in [0.1, 0.15) is 5.01 Å². The van der Waals surface area contributed by atoms with Crippen LogP contribution in [-0.2, 0) is 17.8 Å². The van der Waals surface area contributed by atoms with Crippen LogP contribution in [-0.4, -0.2) is 51.6 Å². The highest BCUT2D eigenvalue weighted by Crippen LogP contribution is 2.40. The fourth-order valence-corrected chi connectivity index (χ4v) is 7.12. The van der Waals surface area contributed by atoms with Crippen molar-refractivity contribution < 1.29 is 4.79 Å². The molecule has 0 unspecified atom stereocenters. The summed E-state index contributed by atoms with van der Waals surface area (Å²) in [7, 11) is 0. The first-order valence-corrected chi connectivity index (χ1v) is 12.6. The molecule has 2 fully saturated rings. The first-order valence-electron chi connectivity index (χ1n) is 10.9. The van der Waals surface area contributed by atoms with Gasteiger partial charge in [-0.2, -0.15) is 0 Å². The van der Waals surface area contributed by atoms with Gasteiger partial charge in [0.15, 0.2) is 0 Å². The molecular formula is C23H29N3OS2. The highest BCUT2D eigenvalue weighted by atomic mass is 32.2. The van der Waals surface area contributed by atoms with Crippen LogP contribution in [0.4, 0.5) is 0 Å². The number of hydrogen-bond donors (Lipinski definition) is 0. The lowest BCUT2D eigenvalue weighted by Gasteiger charge is -2.44. The zero-order chi connectivity index (χ0) is 19.8. The van der Waals surface area contributed by atoms with E-state index >= 15 is 0 Å². The number of carbonyl (C=O) groups is 1. The van der Waals surface area contributed by atoms with Crippen LogP contribution in [0.15, 0.2) is 29.2 Å². The minimum absolute atomic E-state index is 0.158. The van der Waals surface area contributed by atoms with Gasteiger partial charge in [-0.25, -0.2) is 4.98 Å². The Morgan fingerprint density at radius 1 is 1.10 bits per heavy atom. The van der Waals surface area contributed by atoms with Gasteiger partial charge in [0.25, 0.3) is 0 Å². The Morgan fingerprint density at radius 2 is 1.86 bits per heavy atom. The lowest BCUT2D eigenvalue weighted by molar-refractivity contribution is -0.129. The smallest absolute Gasteiger partial charge is 0.219 e. The zero-order valence-corrected chi connectivity index (χ0v) is 18.7. The number of benzene rings is 1. The molecule has 29 heavy (non-hydrogen) atoms. The molecule has 1 aliphatic carbocycles. The number of fused-ring (bicyclic) bond motifs is 1. The third kappa shape index (κ3) is 4.25. The largest absolute Gasteiger partial charge is 0.337 e. The number of amides is 1. The van der Waals surface area contributed by atoms with E-state index in [-0.39, 0.29) is 5.91 Å². The van der Waals surface area contributed by atoms with Gasteiger partial charge in [0.2, 0.25) is 5.91 Å². The Labute approximate surface area is 181 Å². The van der Waals surface area contributed by atoms with Gasteiger partial charge in [-0.15, -0.1) is 23.1 Å². The van der Waals surface area contributed by atoms with E-state index in [1.807, 2.05) is 16.7 Å². The summed E-state index contributed by atoms with van der Waals surface area (Å²) in [5, 5.41) is 1.86. The number of thioether (sulfide) groups is 1. The van der Waals surface area contributed by atoms with Crippen LogP contribution in [0.1, 0.15) is 49.6 Å². The minimum atomic E-state index is 0.158. The third-order valence-electron chi connectivity index (χ3n) is 6.56. The summed E-state index contributed by atoms with van der Waals surface area (Å²) in [6.07, 6.45) is 7.77. The molecule has 3 heterocycles. The van der Waals surface area contributed by atoms with Gasteiger partial charge in [-0.3, -0.25) is 4.79 Å². The van der Waals surface area contributed by atoms with E-state index in [1.54, 1.807) is 18.3 Å². The maximum atomic E-state index is 11.7. The van der Waals surface area contributed by atoms with Crippen LogP contribution in [0.25, 0.3) is 10.6 Å². The topological polar surface area (TPSA) is 36.4 Å². The van der Waals surface area contributed by atoms with Gasteiger partial charge < -0.3 is 9.80 Å². The van der Waals surface area contributed by atoms with Gasteiger partial charge >= 0.3 is 0 Å². The lowest BCUT2D eigenvalue weighted by atomic mass is 9.89. The van der Waals surface area contributed by atoms with E-state index in [0.717, 1.165) is 35.8 Å². The average molecular weight is 428 g/mol. The van der Waals surface area contributed by atoms with Crippen molar-refractivity contribution in [1.82, 2.24) is 14.8 Å². The van der Waals surface area contributed by atoms with Crippen molar-refractivity contribution in [2.45, 2.75) is 68.2 Å². The standard InChI is InChI=1S/C23H29N3OS2/c1-16(27)26-12-9-21-22(15-26)29-23(24-21)17-5-7-19(8-6-17)28-20-13-18(14-20)25-10-3-2-4-11-25/h5-8,18,20H,2-4,9-15H2,1H3. The Bertz CT molecular complexity index is 867. The lowest BCUT2D eigenvalue weighted by Crippen LogP contribution is -2.48. The van der Waals surface area contributed by atoms with E-state index in [9.17, 15) is 4.79 Å². The van der Waals surface area contributed by atoms with Gasteiger partial charge in [0, 0.05) is 46.5 Å². The van der Waals surface area contributed by atoms with Crippen LogP contribution in [0, 0.1) is 0 Å². The van der Waals surface area contributed by atoms with Crippen molar-refractivity contribution in [2.24, 2.45) is 0 Å². The molecule has 2 aromatic rings. The molecule has 1 aromatic carbocycles. The minimum Gasteiger partial charge on any atom is -0.337 e. The molecule has 154 valence electrons. The van der Waals surface area contributed by atoms with Crippen molar-refractivity contribution in [2.75, 3.05) is 19.6 Å². The molecule has 0 spiro atoms. The third-order valence-corrected chi connectivity index (χ3v) is 8.95. The molecule has 1 saturated carbocycles. The first kappa shape index (κ1) is 19.6. The second-order valence-corrected chi connectivity index (χ2v) is 11.0. The maximum absolute atomic E-state index is 11.7. The van der Waals surface area contributed by atoms with Crippen molar-refractivity contribution in [3.05, 3.63) is 34.8 Å². The molecule has 2 aliphatic heterocycles. The molecule has 4 nitrogen and oxygen atoms in total. The summed E-state index contributed by atoms with van der Waals surface area (Å²) in [5.41, 5.74) is 2.38. The van der Waals surface area contributed by atoms with Gasteiger partial charge in [-0.1, -0.05) is 18.6 Å². The summed E-state index contributed by atoms with van der Waals surface area (Å²) in [4.78, 5) is 23.8. The quantitative estimate of drug-likeness (QED) is 0.701. The van der Waals surface area contributed by atoms with E-state index < -0.39 is 0 Å². The molecule has 1 saturated heterocycles. The molecule has 1 aromatic heterocycles. The van der Waals surface area contributed by atoms with E-state index in [2.05, 4.69) is 29.2 Å². The predicted molar refractivity (Wildman–Crippen MR) is 120 cm³/mol. The summed E-state index contributed by atoms with van der Waals surface area (Å²) < 4.78 is 0. The van der Waals surface area contributed by atoms with Crippen molar-refractivity contribution >= 4 is 29.0 Å². The molecule has 0 N–H and O–H groups in total. The fourth-order valence-electron chi connectivity index (χ4n) is 4.67. The highest BCUT2D eigenvalue weighted by Gasteiger charge is 2.34. The first-order chi connectivity index (χ1) is 14.2. The Morgan fingerprint density at radius 3 is 2.59 bits per heavy atom. The Hall–Kier alpha value is -1.37. The van der Waals surface area contributed by atoms with Gasteiger partial charge in [-0.05, 0) is 50.9 Å². The number of aromatic nitrogens is 1. The number of nitrogens with zero attached hydrogens (tertiary/aromatic N) is 3. The number of hydrogen-bond acceptors (Lipinski definition) is 5. The summed E-state index contributed by atoms with van der Waals surface area (Å²) in [6.45, 7) is 5.80. The van der Waals surface area contributed by atoms with Gasteiger partial charge in [0.05, 0.1) is 12.2 Å². The summed E-state index contributed by atoms with van der Waals surface area (Å²) >= 11 is 3.79. The highest BCUT2D eigenvalue weighted by molar-refractivity contribution is 8.00. The molecule has 1 amide bonds. The second-order valence-electron chi connectivity index (χ2n) is 8.57. The molecule has 0 radical (unpaired) electrons.